The highest BCUT2D eigenvalue weighted by Gasteiger charge is 2.05. The number of nitrogens with two attached hydrogens (primary N) is 1. The van der Waals surface area contributed by atoms with Crippen molar-refractivity contribution in [2.75, 3.05) is 0 Å². The van der Waals surface area contributed by atoms with Gasteiger partial charge in [0.15, 0.2) is 5.82 Å². The summed E-state index contributed by atoms with van der Waals surface area (Å²) < 4.78 is 1.69. The molecule has 0 saturated carbocycles. The molecule has 2 aromatic rings. The normalized spacial score (nSPS) is 10.4. The molecule has 0 amide bonds. The molecule has 0 spiro atoms. The topological polar surface area (TPSA) is 69.6 Å². The van der Waals surface area contributed by atoms with Crippen molar-refractivity contribution in [1.29, 1.82) is 0 Å². The van der Waals surface area contributed by atoms with Crippen molar-refractivity contribution in [2.45, 2.75) is 13.5 Å². The molecule has 0 radical (unpaired) electrons. The summed E-state index contributed by atoms with van der Waals surface area (Å²) in [7, 11) is 0. The van der Waals surface area contributed by atoms with Crippen LogP contribution in [0.2, 0.25) is 0 Å². The Morgan fingerprint density at radius 2 is 2.29 bits per heavy atom. The second-order valence-corrected chi connectivity index (χ2v) is 2.99. The molecule has 72 valence electrons. The van der Waals surface area contributed by atoms with E-state index in [1.807, 2.05) is 25.3 Å². The Kier molecular flexibility index (Phi) is 2.24. The minimum atomic E-state index is 0.434. The molecule has 2 aromatic heterocycles. The van der Waals surface area contributed by atoms with E-state index in [1.54, 1.807) is 10.9 Å². The van der Waals surface area contributed by atoms with Crippen LogP contribution in [0.4, 0.5) is 0 Å². The van der Waals surface area contributed by atoms with Gasteiger partial charge in [0.25, 0.3) is 0 Å². The molecule has 5 heteroatoms. The lowest BCUT2D eigenvalue weighted by Gasteiger charge is -2.03. The molecular formula is C9H11N5. The summed E-state index contributed by atoms with van der Waals surface area (Å²) in [5.74, 6) is 0.697. The highest BCUT2D eigenvalue weighted by Crippen LogP contribution is 2.08. The number of rotatable bonds is 2. The fraction of sp³-hybridized carbons (Fsp3) is 0.222. The first-order valence-electron chi connectivity index (χ1n) is 4.34. The van der Waals surface area contributed by atoms with Crippen LogP contribution < -0.4 is 5.73 Å². The van der Waals surface area contributed by atoms with Crippen LogP contribution in [-0.4, -0.2) is 20.0 Å². The minimum Gasteiger partial charge on any atom is -0.326 e. The number of hydrogen-bond acceptors (Lipinski definition) is 4. The molecule has 0 aliphatic rings. The zero-order valence-corrected chi connectivity index (χ0v) is 7.88. The summed E-state index contributed by atoms with van der Waals surface area (Å²) >= 11 is 0. The van der Waals surface area contributed by atoms with Crippen LogP contribution in [0.25, 0.3) is 5.82 Å². The average Bonchev–Trinajstić information content (AvgIpc) is 2.65. The number of nitrogens with zero attached hydrogens (tertiary/aromatic N) is 4. The van der Waals surface area contributed by atoms with Crippen LogP contribution in [0.1, 0.15) is 11.3 Å². The van der Waals surface area contributed by atoms with Crippen molar-refractivity contribution in [3.8, 4) is 5.82 Å². The first-order valence-corrected chi connectivity index (χ1v) is 4.34. The van der Waals surface area contributed by atoms with Crippen molar-refractivity contribution >= 4 is 0 Å². The molecule has 2 rings (SSSR count). The van der Waals surface area contributed by atoms with E-state index in [4.69, 9.17) is 5.73 Å². The van der Waals surface area contributed by atoms with Crippen LogP contribution in [0.5, 0.6) is 0 Å². The fourth-order valence-corrected chi connectivity index (χ4v) is 1.24. The van der Waals surface area contributed by atoms with Crippen LogP contribution in [0.3, 0.4) is 0 Å². The molecular weight excluding hydrogens is 178 g/mol. The van der Waals surface area contributed by atoms with Gasteiger partial charge in [0.05, 0.1) is 11.9 Å². The third-order valence-corrected chi connectivity index (χ3v) is 1.94. The standard InChI is InChI=1S/C9H11N5/c1-7-3-5-14(13-7)9-8(6-10)2-4-11-12-9/h2-5H,6,10H2,1H3. The molecule has 0 bridgehead atoms. The van der Waals surface area contributed by atoms with E-state index in [1.165, 1.54) is 0 Å². The van der Waals surface area contributed by atoms with Gasteiger partial charge in [-0.2, -0.15) is 10.2 Å². The molecule has 5 nitrogen and oxygen atoms in total. The third-order valence-electron chi connectivity index (χ3n) is 1.94. The predicted octanol–water partition coefficient (Wildman–Crippen LogP) is 0.429. The van der Waals surface area contributed by atoms with Gasteiger partial charge in [-0.15, -0.1) is 5.10 Å². The Bertz CT molecular complexity index is 434. The molecule has 0 aliphatic carbocycles. The monoisotopic (exact) mass is 189 g/mol. The van der Waals surface area contributed by atoms with Gasteiger partial charge in [-0.25, -0.2) is 4.68 Å². The van der Waals surface area contributed by atoms with E-state index in [-0.39, 0.29) is 0 Å². The minimum absolute atomic E-state index is 0.434. The fourth-order valence-electron chi connectivity index (χ4n) is 1.24. The molecule has 0 aliphatic heterocycles. The van der Waals surface area contributed by atoms with Gasteiger partial charge < -0.3 is 5.73 Å². The second-order valence-electron chi connectivity index (χ2n) is 2.99. The summed E-state index contributed by atoms with van der Waals surface area (Å²) in [5, 5.41) is 12.1. The highest BCUT2D eigenvalue weighted by molar-refractivity contribution is 5.30. The third kappa shape index (κ3) is 1.49. The van der Waals surface area contributed by atoms with Gasteiger partial charge in [0, 0.05) is 18.3 Å². The van der Waals surface area contributed by atoms with Crippen molar-refractivity contribution in [3.63, 3.8) is 0 Å². The smallest absolute Gasteiger partial charge is 0.180 e. The lowest BCUT2D eigenvalue weighted by Crippen LogP contribution is -2.08. The summed E-state index contributed by atoms with van der Waals surface area (Å²) in [6.45, 7) is 2.36. The Labute approximate surface area is 81.6 Å². The Morgan fingerprint density at radius 3 is 2.93 bits per heavy atom. The van der Waals surface area contributed by atoms with Gasteiger partial charge in [-0.1, -0.05) is 0 Å². The summed E-state index contributed by atoms with van der Waals surface area (Å²) in [5.41, 5.74) is 7.46. The van der Waals surface area contributed by atoms with Crippen LogP contribution >= 0.6 is 0 Å². The van der Waals surface area contributed by atoms with E-state index in [0.717, 1.165) is 11.3 Å². The van der Waals surface area contributed by atoms with E-state index in [9.17, 15) is 0 Å². The Morgan fingerprint density at radius 1 is 1.43 bits per heavy atom. The largest absolute Gasteiger partial charge is 0.326 e. The van der Waals surface area contributed by atoms with Crippen LogP contribution in [0, 0.1) is 6.92 Å². The zero-order chi connectivity index (χ0) is 9.97. The van der Waals surface area contributed by atoms with E-state index in [0.29, 0.717) is 12.4 Å². The summed E-state index contributed by atoms with van der Waals surface area (Å²) in [6, 6.07) is 3.76. The molecule has 2 heterocycles. The van der Waals surface area contributed by atoms with E-state index < -0.39 is 0 Å². The van der Waals surface area contributed by atoms with Gasteiger partial charge in [0.2, 0.25) is 0 Å². The Hall–Kier alpha value is -1.75. The summed E-state index contributed by atoms with van der Waals surface area (Å²) in [4.78, 5) is 0. The summed E-state index contributed by atoms with van der Waals surface area (Å²) in [6.07, 6.45) is 3.47. The molecule has 0 saturated heterocycles. The molecule has 0 atom stereocenters. The van der Waals surface area contributed by atoms with Crippen molar-refractivity contribution < 1.29 is 0 Å². The average molecular weight is 189 g/mol. The number of hydrogen-bond donors (Lipinski definition) is 1. The first-order chi connectivity index (χ1) is 6.81. The van der Waals surface area contributed by atoms with E-state index >= 15 is 0 Å². The molecule has 0 fully saturated rings. The van der Waals surface area contributed by atoms with Crippen LogP contribution in [0.15, 0.2) is 24.5 Å². The van der Waals surface area contributed by atoms with Crippen molar-refractivity contribution in [1.82, 2.24) is 20.0 Å². The maximum absolute atomic E-state index is 5.59. The second kappa shape index (κ2) is 3.55. The maximum Gasteiger partial charge on any atom is 0.180 e. The number of aromatic nitrogens is 4. The van der Waals surface area contributed by atoms with Crippen molar-refractivity contribution in [2.24, 2.45) is 5.73 Å². The predicted molar refractivity (Wildman–Crippen MR) is 51.8 cm³/mol. The van der Waals surface area contributed by atoms with Gasteiger partial charge in [0.1, 0.15) is 0 Å². The zero-order valence-electron chi connectivity index (χ0n) is 7.88. The number of aryl methyl sites for hydroxylation is 1. The lowest BCUT2D eigenvalue weighted by atomic mass is 10.3. The molecule has 2 N–H and O–H groups in total. The Balaban J connectivity index is 2.50. The van der Waals surface area contributed by atoms with Gasteiger partial charge in [-0.3, -0.25) is 0 Å². The van der Waals surface area contributed by atoms with Gasteiger partial charge in [-0.05, 0) is 19.1 Å². The van der Waals surface area contributed by atoms with Gasteiger partial charge >= 0.3 is 0 Å². The molecule has 0 unspecified atom stereocenters. The maximum atomic E-state index is 5.59. The SMILES string of the molecule is Cc1ccn(-c2nnccc2CN)n1. The molecule has 14 heavy (non-hydrogen) atoms. The van der Waals surface area contributed by atoms with E-state index in [2.05, 4.69) is 15.3 Å². The first kappa shape index (κ1) is 8.83. The van der Waals surface area contributed by atoms with Crippen molar-refractivity contribution in [3.05, 3.63) is 35.8 Å². The van der Waals surface area contributed by atoms with Crippen LogP contribution in [-0.2, 0) is 6.54 Å². The highest BCUT2D eigenvalue weighted by atomic mass is 15.3. The molecule has 0 aromatic carbocycles. The quantitative estimate of drug-likeness (QED) is 0.743. The lowest BCUT2D eigenvalue weighted by molar-refractivity contribution is 0.782.